The summed E-state index contributed by atoms with van der Waals surface area (Å²) in [6.45, 7) is 1.66. The zero-order chi connectivity index (χ0) is 25.8. The van der Waals surface area contributed by atoms with E-state index < -0.39 is 11.5 Å². The van der Waals surface area contributed by atoms with Gasteiger partial charge in [-0.3, -0.25) is 9.89 Å². The van der Waals surface area contributed by atoms with Crippen LogP contribution in [0, 0.1) is 6.92 Å². The number of rotatable bonds is 8. The molecule has 0 spiro atoms. The average molecular weight is 617 g/mol. The number of aryl methyl sites for hydroxylation is 2. The fourth-order valence-electron chi connectivity index (χ4n) is 3.85. The summed E-state index contributed by atoms with van der Waals surface area (Å²) in [7, 11) is 0. The SMILES string of the molecule is Cc1[nH]n(-c2cccc(C(=O)O)c2)c(=O)c1N=Nc1cccc(CCc2c(Cl)cccc2CI)c1O. The first kappa shape index (κ1) is 25.6. The van der Waals surface area contributed by atoms with Crippen molar-refractivity contribution in [2.75, 3.05) is 0 Å². The van der Waals surface area contributed by atoms with Crippen LogP contribution in [0.15, 0.2) is 75.7 Å². The number of aromatic hydroxyl groups is 1. The molecule has 0 aliphatic carbocycles. The molecule has 0 fully saturated rings. The van der Waals surface area contributed by atoms with Crippen LogP contribution in [-0.4, -0.2) is 26.0 Å². The highest BCUT2D eigenvalue weighted by Gasteiger charge is 2.15. The zero-order valence-corrected chi connectivity index (χ0v) is 22.1. The van der Waals surface area contributed by atoms with Gasteiger partial charge in [0.05, 0.1) is 16.9 Å². The Hall–Kier alpha value is -3.44. The molecule has 0 amide bonds. The van der Waals surface area contributed by atoms with Gasteiger partial charge in [-0.1, -0.05) is 64.5 Å². The number of azo groups is 1. The Morgan fingerprint density at radius 1 is 1.06 bits per heavy atom. The monoisotopic (exact) mass is 616 g/mol. The number of benzene rings is 3. The van der Waals surface area contributed by atoms with Crippen molar-refractivity contribution >= 4 is 51.5 Å². The third-order valence-corrected chi connectivity index (χ3v) is 6.93. The van der Waals surface area contributed by atoms with Crippen molar-refractivity contribution in [1.29, 1.82) is 0 Å². The lowest BCUT2D eigenvalue weighted by Crippen LogP contribution is -2.14. The van der Waals surface area contributed by atoms with Gasteiger partial charge < -0.3 is 10.2 Å². The summed E-state index contributed by atoms with van der Waals surface area (Å²) in [5, 5.41) is 31.9. The number of carboxylic acid groups (broad SMARTS) is 1. The van der Waals surface area contributed by atoms with Gasteiger partial charge in [-0.15, -0.1) is 10.2 Å². The lowest BCUT2D eigenvalue weighted by Gasteiger charge is -2.11. The fourth-order valence-corrected chi connectivity index (χ4v) is 4.85. The van der Waals surface area contributed by atoms with Crippen molar-refractivity contribution in [2.24, 2.45) is 10.2 Å². The van der Waals surface area contributed by atoms with E-state index in [4.69, 9.17) is 11.6 Å². The van der Waals surface area contributed by atoms with E-state index in [2.05, 4.69) is 37.9 Å². The molecule has 3 N–H and O–H groups in total. The maximum absolute atomic E-state index is 13.0. The van der Waals surface area contributed by atoms with Crippen LogP contribution in [-0.2, 0) is 17.3 Å². The zero-order valence-electron chi connectivity index (χ0n) is 19.2. The Labute approximate surface area is 225 Å². The van der Waals surface area contributed by atoms with Crippen LogP contribution < -0.4 is 5.56 Å². The Bertz CT molecular complexity index is 1530. The maximum atomic E-state index is 13.0. The second kappa shape index (κ2) is 11.1. The number of aromatic carboxylic acids is 1. The van der Waals surface area contributed by atoms with E-state index in [-0.39, 0.29) is 22.7 Å². The number of H-pyrrole nitrogens is 1. The van der Waals surface area contributed by atoms with Crippen LogP contribution in [0.5, 0.6) is 5.75 Å². The largest absolute Gasteiger partial charge is 0.505 e. The van der Waals surface area contributed by atoms with E-state index in [1.165, 1.54) is 16.8 Å². The smallest absolute Gasteiger partial charge is 0.335 e. The molecule has 0 aliphatic rings. The van der Waals surface area contributed by atoms with E-state index in [0.717, 1.165) is 15.6 Å². The summed E-state index contributed by atoms with van der Waals surface area (Å²) in [5.74, 6) is -1.10. The third kappa shape index (κ3) is 5.36. The predicted octanol–water partition coefficient (Wildman–Crippen LogP) is 6.67. The summed E-state index contributed by atoms with van der Waals surface area (Å²) >= 11 is 8.70. The van der Waals surface area contributed by atoms with Gasteiger partial charge in [0.2, 0.25) is 0 Å². The summed E-state index contributed by atoms with van der Waals surface area (Å²) in [4.78, 5) is 24.2. The van der Waals surface area contributed by atoms with Gasteiger partial charge in [-0.2, -0.15) is 0 Å². The number of aromatic nitrogens is 2. The molecule has 0 unspecified atom stereocenters. The minimum Gasteiger partial charge on any atom is -0.505 e. The highest BCUT2D eigenvalue weighted by atomic mass is 127. The lowest BCUT2D eigenvalue weighted by molar-refractivity contribution is 0.0697. The number of carboxylic acids is 1. The lowest BCUT2D eigenvalue weighted by atomic mass is 9.99. The molecule has 0 saturated carbocycles. The number of hydrogen-bond donors (Lipinski definition) is 3. The summed E-state index contributed by atoms with van der Waals surface area (Å²) in [5.41, 5.74) is 3.58. The molecule has 0 saturated heterocycles. The van der Waals surface area contributed by atoms with Crippen LogP contribution in [0.4, 0.5) is 11.4 Å². The molecule has 8 nitrogen and oxygen atoms in total. The molecule has 0 atom stereocenters. The topological polar surface area (TPSA) is 120 Å². The number of alkyl halides is 1. The average Bonchev–Trinajstić information content (AvgIpc) is 3.16. The molecule has 3 aromatic carbocycles. The number of nitrogens with one attached hydrogen (secondary N) is 1. The first-order chi connectivity index (χ1) is 17.3. The Morgan fingerprint density at radius 2 is 1.78 bits per heavy atom. The molecule has 0 bridgehead atoms. The van der Waals surface area contributed by atoms with E-state index in [1.807, 2.05) is 24.3 Å². The first-order valence-electron chi connectivity index (χ1n) is 11.0. The molecule has 4 aromatic rings. The molecule has 0 aliphatic heterocycles. The highest BCUT2D eigenvalue weighted by Crippen LogP contribution is 2.33. The van der Waals surface area contributed by atoms with Crippen molar-refractivity contribution in [1.82, 2.24) is 9.78 Å². The van der Waals surface area contributed by atoms with Gasteiger partial charge >= 0.3 is 5.97 Å². The molecule has 1 aromatic heterocycles. The number of phenolic OH excluding ortho intramolecular Hbond substituents is 1. The maximum Gasteiger partial charge on any atom is 0.335 e. The van der Waals surface area contributed by atoms with Gasteiger partial charge in [0.25, 0.3) is 5.56 Å². The molecule has 0 radical (unpaired) electrons. The minimum atomic E-state index is -1.09. The van der Waals surface area contributed by atoms with Crippen molar-refractivity contribution in [2.45, 2.75) is 24.2 Å². The van der Waals surface area contributed by atoms with Gasteiger partial charge in [0.15, 0.2) is 5.69 Å². The standard InChI is InChI=1S/C26H22ClIN4O4/c1-15-23(25(34)32(31-15)19-8-2-6-17(13-19)26(35)36)30-29-22-10-4-5-16(24(22)33)11-12-20-18(14-28)7-3-9-21(20)27/h2-10,13,31,33H,11-12,14H2,1H3,(H,35,36). The molecule has 1 heterocycles. The summed E-state index contributed by atoms with van der Waals surface area (Å²) in [6.07, 6.45) is 1.21. The van der Waals surface area contributed by atoms with E-state index in [9.17, 15) is 19.8 Å². The Morgan fingerprint density at radius 3 is 2.53 bits per heavy atom. The van der Waals surface area contributed by atoms with Crippen molar-refractivity contribution in [3.05, 3.63) is 104 Å². The Kier molecular flexibility index (Phi) is 7.90. The molecule has 4 rings (SSSR count). The van der Waals surface area contributed by atoms with Crippen LogP contribution in [0.2, 0.25) is 5.02 Å². The van der Waals surface area contributed by atoms with Crippen molar-refractivity contribution < 1.29 is 15.0 Å². The second-order valence-electron chi connectivity index (χ2n) is 8.08. The summed E-state index contributed by atoms with van der Waals surface area (Å²) in [6, 6.07) is 17.0. The number of halogens is 2. The first-order valence-corrected chi connectivity index (χ1v) is 12.9. The van der Waals surface area contributed by atoms with Crippen LogP contribution in [0.25, 0.3) is 5.69 Å². The number of hydrogen-bond acceptors (Lipinski definition) is 5. The van der Waals surface area contributed by atoms with Gasteiger partial charge in [-0.25, -0.2) is 9.48 Å². The quantitative estimate of drug-likeness (QED) is 0.116. The van der Waals surface area contributed by atoms with Crippen molar-refractivity contribution in [3.63, 3.8) is 0 Å². The molecular weight excluding hydrogens is 595 g/mol. The number of aromatic amines is 1. The summed E-state index contributed by atoms with van der Waals surface area (Å²) < 4.78 is 2.04. The van der Waals surface area contributed by atoms with Gasteiger partial charge in [0, 0.05) is 9.45 Å². The van der Waals surface area contributed by atoms with Gasteiger partial charge in [-0.05, 0) is 66.8 Å². The second-order valence-corrected chi connectivity index (χ2v) is 9.25. The van der Waals surface area contributed by atoms with Crippen LogP contribution >= 0.6 is 34.2 Å². The van der Waals surface area contributed by atoms with E-state index >= 15 is 0 Å². The minimum absolute atomic E-state index is 0.00741. The van der Waals surface area contributed by atoms with Gasteiger partial charge in [0.1, 0.15) is 11.4 Å². The molecule has 10 heteroatoms. The number of nitrogens with zero attached hydrogens (tertiary/aromatic N) is 3. The Balaban J connectivity index is 1.59. The number of phenols is 1. The van der Waals surface area contributed by atoms with Crippen molar-refractivity contribution in [3.8, 4) is 11.4 Å². The molecule has 36 heavy (non-hydrogen) atoms. The number of carbonyl (C=O) groups is 1. The van der Waals surface area contributed by atoms with Crippen LogP contribution in [0.3, 0.4) is 0 Å². The van der Waals surface area contributed by atoms with E-state index in [1.54, 1.807) is 31.2 Å². The highest BCUT2D eigenvalue weighted by molar-refractivity contribution is 14.1. The third-order valence-electron chi connectivity index (χ3n) is 5.75. The van der Waals surface area contributed by atoms with E-state index in [0.29, 0.717) is 34.8 Å². The predicted molar refractivity (Wildman–Crippen MR) is 147 cm³/mol. The molecule has 184 valence electrons. The number of para-hydroxylation sites is 1. The normalized spacial score (nSPS) is 11.3. The fraction of sp³-hybridized carbons (Fsp3) is 0.154. The van der Waals surface area contributed by atoms with Crippen LogP contribution in [0.1, 0.15) is 32.7 Å². The molecular formula is C26H22ClIN4O4.